The van der Waals surface area contributed by atoms with E-state index in [0.717, 1.165) is 81.3 Å². The van der Waals surface area contributed by atoms with Crippen LogP contribution in [-0.2, 0) is 11.3 Å². The Morgan fingerprint density at radius 3 is 2.39 bits per heavy atom. The van der Waals surface area contributed by atoms with Crippen LogP contribution >= 0.6 is 45.2 Å². The van der Waals surface area contributed by atoms with E-state index in [-0.39, 0.29) is 6.09 Å². The Balaban J connectivity index is 1.31. The number of likely N-dealkylation sites (N-methyl/N-ethyl adjacent to an activating group) is 1. The van der Waals surface area contributed by atoms with Crippen LogP contribution in [0.4, 0.5) is 10.6 Å². The number of carbonyl (C=O) groups is 1. The normalized spacial score (nSPS) is 16.9. The number of hydrogen-bond acceptors (Lipinski definition) is 8. The second-order valence-corrected chi connectivity index (χ2v) is 13.2. The van der Waals surface area contributed by atoms with Crippen LogP contribution in [0.1, 0.15) is 18.4 Å². The molecule has 2 saturated heterocycles. The maximum Gasteiger partial charge on any atom is 0.406 e. The first-order valence-electron chi connectivity index (χ1n) is 13.9. The van der Waals surface area contributed by atoms with Crippen LogP contribution in [0.5, 0.6) is 11.6 Å². The Labute approximate surface area is 269 Å². The number of ether oxygens (including phenoxy) is 2. The van der Waals surface area contributed by atoms with Crippen molar-refractivity contribution in [3.63, 3.8) is 0 Å². The van der Waals surface area contributed by atoms with Crippen molar-refractivity contribution in [2.24, 2.45) is 5.92 Å². The zero-order chi connectivity index (χ0) is 28.8. The average molecular weight is 782 g/mol. The summed E-state index contributed by atoms with van der Waals surface area (Å²) in [5.41, 5.74) is 3.13. The molecule has 9 nitrogen and oxygen atoms in total. The van der Waals surface area contributed by atoms with E-state index in [4.69, 9.17) is 19.4 Å². The largest absolute Gasteiger partial charge is 0.453 e. The Bertz CT molecular complexity index is 1310. The van der Waals surface area contributed by atoms with Gasteiger partial charge in [0.05, 0.1) is 19.0 Å². The van der Waals surface area contributed by atoms with E-state index in [2.05, 4.69) is 96.5 Å². The first-order chi connectivity index (χ1) is 19.8. The molecule has 0 saturated carbocycles. The SMILES string of the molecule is COC(=O)NCC1CCN(Cc2cc(Oc3ccc(N4CCN(C)CC4)nc3)nc(-c3cc(I)cc(I)c3)c2)CC1. The van der Waals surface area contributed by atoms with Crippen molar-refractivity contribution in [2.45, 2.75) is 19.4 Å². The van der Waals surface area contributed by atoms with Gasteiger partial charge in [0.1, 0.15) is 11.6 Å². The van der Waals surface area contributed by atoms with Crippen molar-refractivity contribution in [3.05, 3.63) is 61.4 Å². The van der Waals surface area contributed by atoms with Gasteiger partial charge in [-0.3, -0.25) is 4.90 Å². The Kier molecular flexibility index (Phi) is 10.5. The first kappa shape index (κ1) is 30.2. The van der Waals surface area contributed by atoms with E-state index in [1.54, 1.807) is 6.20 Å². The molecule has 2 fully saturated rings. The lowest BCUT2D eigenvalue weighted by Gasteiger charge is -2.33. The number of alkyl carbamates (subject to hydrolysis) is 1. The minimum Gasteiger partial charge on any atom is -0.453 e. The molecule has 218 valence electrons. The van der Waals surface area contributed by atoms with Gasteiger partial charge in [0.15, 0.2) is 0 Å². The monoisotopic (exact) mass is 782 g/mol. The zero-order valence-electron chi connectivity index (χ0n) is 23.5. The van der Waals surface area contributed by atoms with Gasteiger partial charge in [-0.25, -0.2) is 14.8 Å². The van der Waals surface area contributed by atoms with Crippen molar-refractivity contribution >= 4 is 57.1 Å². The number of carbonyl (C=O) groups excluding carboxylic acids is 1. The Hall–Kier alpha value is -2.23. The van der Waals surface area contributed by atoms with Gasteiger partial charge in [-0.15, -0.1) is 0 Å². The topological polar surface area (TPSA) is 83.1 Å². The summed E-state index contributed by atoms with van der Waals surface area (Å²) >= 11 is 4.71. The fourth-order valence-corrected chi connectivity index (χ4v) is 7.17. The molecule has 1 aromatic carbocycles. The number of pyridine rings is 2. The molecule has 0 bridgehead atoms. The molecule has 2 aliphatic rings. The van der Waals surface area contributed by atoms with Crippen LogP contribution in [0.3, 0.4) is 0 Å². The molecular formula is C30H36I2N6O3. The smallest absolute Gasteiger partial charge is 0.406 e. The number of hydrogen-bond donors (Lipinski definition) is 1. The third kappa shape index (κ3) is 8.64. The molecule has 11 heteroatoms. The average Bonchev–Trinajstić information content (AvgIpc) is 2.97. The van der Waals surface area contributed by atoms with Crippen molar-refractivity contribution < 1.29 is 14.3 Å². The summed E-state index contributed by atoms with van der Waals surface area (Å²) in [5, 5.41) is 2.84. The summed E-state index contributed by atoms with van der Waals surface area (Å²) in [6.45, 7) is 7.45. The predicted molar refractivity (Wildman–Crippen MR) is 178 cm³/mol. The second kappa shape index (κ2) is 14.3. The van der Waals surface area contributed by atoms with E-state index >= 15 is 0 Å². The summed E-state index contributed by atoms with van der Waals surface area (Å²) in [6.07, 6.45) is 3.50. The predicted octanol–water partition coefficient (Wildman–Crippen LogP) is 5.46. The van der Waals surface area contributed by atoms with Crippen molar-refractivity contribution in [3.8, 4) is 22.9 Å². The Morgan fingerprint density at radius 1 is 1.00 bits per heavy atom. The maximum atomic E-state index is 11.4. The van der Waals surface area contributed by atoms with Gasteiger partial charge in [-0.05, 0) is 126 Å². The van der Waals surface area contributed by atoms with E-state index in [9.17, 15) is 4.79 Å². The number of rotatable bonds is 8. The van der Waals surface area contributed by atoms with Crippen LogP contribution in [0, 0.1) is 13.1 Å². The highest BCUT2D eigenvalue weighted by atomic mass is 127. The molecule has 0 radical (unpaired) electrons. The highest BCUT2D eigenvalue weighted by Crippen LogP contribution is 2.30. The molecule has 4 heterocycles. The molecule has 2 aliphatic heterocycles. The molecule has 2 aromatic heterocycles. The van der Waals surface area contributed by atoms with Gasteiger partial charge in [-0.1, -0.05) is 0 Å². The molecular weight excluding hydrogens is 746 g/mol. The first-order valence-corrected chi connectivity index (χ1v) is 16.1. The number of nitrogens with one attached hydrogen (secondary N) is 1. The molecule has 5 rings (SSSR count). The van der Waals surface area contributed by atoms with Crippen molar-refractivity contribution in [1.82, 2.24) is 25.1 Å². The highest BCUT2D eigenvalue weighted by molar-refractivity contribution is 14.1. The Morgan fingerprint density at radius 2 is 1.73 bits per heavy atom. The highest BCUT2D eigenvalue weighted by Gasteiger charge is 2.21. The third-order valence-electron chi connectivity index (χ3n) is 7.62. The van der Waals surface area contributed by atoms with E-state index in [0.29, 0.717) is 24.1 Å². The fourth-order valence-electron chi connectivity index (χ4n) is 5.24. The van der Waals surface area contributed by atoms with Crippen LogP contribution in [0.2, 0.25) is 0 Å². The van der Waals surface area contributed by atoms with Gasteiger partial charge < -0.3 is 24.6 Å². The molecule has 0 spiro atoms. The number of likely N-dealkylation sites (tertiary alicyclic amines) is 1. The van der Waals surface area contributed by atoms with E-state index in [1.165, 1.54) is 14.3 Å². The fraction of sp³-hybridized carbons (Fsp3) is 0.433. The molecule has 41 heavy (non-hydrogen) atoms. The van der Waals surface area contributed by atoms with Gasteiger partial charge >= 0.3 is 6.09 Å². The quantitative estimate of drug-likeness (QED) is 0.302. The lowest BCUT2D eigenvalue weighted by atomic mass is 9.96. The van der Waals surface area contributed by atoms with E-state index in [1.807, 2.05) is 18.2 Å². The summed E-state index contributed by atoms with van der Waals surface area (Å²) < 4.78 is 13.3. The molecule has 0 atom stereocenters. The minimum atomic E-state index is -0.362. The standard InChI is InChI=1S/C30H36I2N6O3/c1-36-9-11-38(12-10-36)28-4-3-26(19-33-28)41-29-14-22(13-27(35-29)23-15-24(31)17-25(32)16-23)20-37-7-5-21(6-8-37)18-34-30(39)40-2/h3-4,13-17,19,21H,5-12,18,20H2,1-2H3,(H,34,39). The number of benzene rings is 1. The summed E-state index contributed by atoms with van der Waals surface area (Å²) in [4.78, 5) is 28.2. The zero-order valence-corrected chi connectivity index (χ0v) is 27.8. The number of halogens is 2. The van der Waals surface area contributed by atoms with Gasteiger partial charge in [0.25, 0.3) is 0 Å². The van der Waals surface area contributed by atoms with Crippen LogP contribution in [0.25, 0.3) is 11.3 Å². The van der Waals surface area contributed by atoms with E-state index < -0.39 is 0 Å². The van der Waals surface area contributed by atoms with Gasteiger partial charge in [0, 0.05) is 58.0 Å². The summed E-state index contributed by atoms with van der Waals surface area (Å²) in [7, 11) is 3.55. The number of nitrogens with zero attached hydrogens (tertiary/aromatic N) is 5. The number of anilines is 1. The minimum absolute atomic E-state index is 0.362. The van der Waals surface area contributed by atoms with Crippen LogP contribution in [0.15, 0.2) is 48.7 Å². The van der Waals surface area contributed by atoms with Crippen LogP contribution < -0.4 is 15.0 Å². The number of piperazine rings is 1. The molecule has 0 aliphatic carbocycles. The van der Waals surface area contributed by atoms with Crippen molar-refractivity contribution in [2.75, 3.05) is 64.9 Å². The number of amides is 1. The van der Waals surface area contributed by atoms with Crippen LogP contribution in [-0.4, -0.2) is 85.8 Å². The lowest BCUT2D eigenvalue weighted by Crippen LogP contribution is -2.44. The van der Waals surface area contributed by atoms with Gasteiger partial charge in [-0.2, -0.15) is 0 Å². The van der Waals surface area contributed by atoms with Crippen molar-refractivity contribution in [1.29, 1.82) is 0 Å². The number of aromatic nitrogens is 2. The van der Waals surface area contributed by atoms with Gasteiger partial charge in [0.2, 0.25) is 5.88 Å². The molecule has 0 unspecified atom stereocenters. The molecule has 1 N–H and O–H groups in total. The maximum absolute atomic E-state index is 11.4. The third-order valence-corrected chi connectivity index (χ3v) is 8.87. The number of piperidine rings is 1. The second-order valence-electron chi connectivity index (χ2n) is 10.7. The summed E-state index contributed by atoms with van der Waals surface area (Å²) in [5.74, 6) is 2.69. The summed E-state index contributed by atoms with van der Waals surface area (Å²) in [6, 6.07) is 14.7. The number of methoxy groups -OCH3 is 1. The molecule has 1 amide bonds. The lowest BCUT2D eigenvalue weighted by molar-refractivity contribution is 0.155. The molecule has 3 aromatic rings.